The number of hydrogen-bond donors (Lipinski definition) is 1. The summed E-state index contributed by atoms with van der Waals surface area (Å²) in [7, 11) is 2.89. The molecule has 2 aromatic heterocycles. The SMILES string of the molecule is CCOc1ccc(NC(=O)c2cc(C)nc3c2c(=O)n(C)c(=O)n3C)cc1. The van der Waals surface area contributed by atoms with Crippen LogP contribution in [-0.2, 0) is 14.1 Å². The van der Waals surface area contributed by atoms with Crippen LogP contribution in [0.25, 0.3) is 11.0 Å². The van der Waals surface area contributed by atoms with Crippen molar-refractivity contribution in [1.82, 2.24) is 14.1 Å². The number of pyridine rings is 1. The molecule has 0 atom stereocenters. The minimum Gasteiger partial charge on any atom is -0.494 e. The Balaban J connectivity index is 2.09. The number of carbonyl (C=O) groups excluding carboxylic acids is 1. The summed E-state index contributed by atoms with van der Waals surface area (Å²) >= 11 is 0. The second-order valence-corrected chi connectivity index (χ2v) is 6.13. The zero-order valence-corrected chi connectivity index (χ0v) is 15.6. The first-order valence-corrected chi connectivity index (χ1v) is 8.45. The van der Waals surface area contributed by atoms with Gasteiger partial charge in [-0.2, -0.15) is 0 Å². The van der Waals surface area contributed by atoms with Gasteiger partial charge in [-0.1, -0.05) is 0 Å². The van der Waals surface area contributed by atoms with Gasteiger partial charge in [-0.15, -0.1) is 0 Å². The number of nitrogens with zero attached hydrogens (tertiary/aromatic N) is 3. The summed E-state index contributed by atoms with van der Waals surface area (Å²) in [6.07, 6.45) is 0. The van der Waals surface area contributed by atoms with Gasteiger partial charge in [0.1, 0.15) is 11.4 Å². The number of aryl methyl sites for hydroxylation is 2. The van der Waals surface area contributed by atoms with Crippen LogP contribution in [0.3, 0.4) is 0 Å². The highest BCUT2D eigenvalue weighted by molar-refractivity contribution is 6.11. The minimum atomic E-state index is -0.558. The van der Waals surface area contributed by atoms with Gasteiger partial charge < -0.3 is 10.1 Å². The van der Waals surface area contributed by atoms with E-state index < -0.39 is 17.2 Å². The van der Waals surface area contributed by atoms with Crippen molar-refractivity contribution in [2.45, 2.75) is 13.8 Å². The molecule has 3 aromatic rings. The highest BCUT2D eigenvalue weighted by Gasteiger charge is 2.19. The van der Waals surface area contributed by atoms with E-state index in [9.17, 15) is 14.4 Å². The normalized spacial score (nSPS) is 10.8. The van der Waals surface area contributed by atoms with E-state index in [-0.39, 0.29) is 16.6 Å². The molecule has 140 valence electrons. The first-order valence-electron chi connectivity index (χ1n) is 8.45. The topological polar surface area (TPSA) is 95.2 Å². The van der Waals surface area contributed by atoms with Gasteiger partial charge in [-0.25, -0.2) is 9.78 Å². The Bertz CT molecular complexity index is 1140. The fraction of sp³-hybridized carbons (Fsp3) is 0.263. The molecule has 0 aliphatic heterocycles. The molecule has 0 radical (unpaired) electrons. The van der Waals surface area contributed by atoms with E-state index in [2.05, 4.69) is 10.3 Å². The van der Waals surface area contributed by atoms with Crippen LogP contribution in [0.15, 0.2) is 39.9 Å². The molecule has 2 heterocycles. The van der Waals surface area contributed by atoms with Gasteiger partial charge in [0.05, 0.1) is 17.6 Å². The van der Waals surface area contributed by atoms with Crippen molar-refractivity contribution in [2.24, 2.45) is 14.1 Å². The average Bonchev–Trinajstić information content (AvgIpc) is 2.65. The van der Waals surface area contributed by atoms with E-state index in [4.69, 9.17) is 4.74 Å². The van der Waals surface area contributed by atoms with E-state index in [0.29, 0.717) is 23.7 Å². The summed E-state index contributed by atoms with van der Waals surface area (Å²) in [6, 6.07) is 8.47. The number of benzene rings is 1. The van der Waals surface area contributed by atoms with Crippen LogP contribution < -0.4 is 21.3 Å². The van der Waals surface area contributed by atoms with Crippen molar-refractivity contribution in [3.8, 4) is 5.75 Å². The van der Waals surface area contributed by atoms with E-state index in [1.54, 1.807) is 31.2 Å². The predicted molar refractivity (Wildman–Crippen MR) is 103 cm³/mol. The van der Waals surface area contributed by atoms with Crippen molar-refractivity contribution in [3.63, 3.8) is 0 Å². The molecule has 0 aliphatic rings. The molecular weight excluding hydrogens is 348 g/mol. The summed E-state index contributed by atoms with van der Waals surface area (Å²) in [6.45, 7) is 4.14. The van der Waals surface area contributed by atoms with Crippen LogP contribution in [0, 0.1) is 6.92 Å². The number of rotatable bonds is 4. The lowest BCUT2D eigenvalue weighted by atomic mass is 10.1. The first kappa shape index (κ1) is 18.4. The number of nitrogens with one attached hydrogen (secondary N) is 1. The van der Waals surface area contributed by atoms with E-state index in [0.717, 1.165) is 4.57 Å². The van der Waals surface area contributed by atoms with E-state index in [1.165, 1.54) is 24.7 Å². The Morgan fingerprint density at radius 2 is 1.81 bits per heavy atom. The Hall–Kier alpha value is -3.42. The Kier molecular flexibility index (Phi) is 4.81. The number of ether oxygens (including phenoxy) is 1. The van der Waals surface area contributed by atoms with Crippen molar-refractivity contribution in [1.29, 1.82) is 0 Å². The van der Waals surface area contributed by atoms with Gasteiger partial charge in [0.2, 0.25) is 0 Å². The van der Waals surface area contributed by atoms with Crippen molar-refractivity contribution >= 4 is 22.6 Å². The zero-order valence-electron chi connectivity index (χ0n) is 15.6. The lowest BCUT2D eigenvalue weighted by Crippen LogP contribution is -2.38. The highest BCUT2D eigenvalue weighted by Crippen LogP contribution is 2.19. The Morgan fingerprint density at radius 1 is 1.15 bits per heavy atom. The molecule has 3 rings (SSSR count). The monoisotopic (exact) mass is 368 g/mol. The first-order chi connectivity index (χ1) is 12.8. The zero-order chi connectivity index (χ0) is 19.7. The van der Waals surface area contributed by atoms with Gasteiger partial charge in [-0.3, -0.25) is 18.7 Å². The average molecular weight is 368 g/mol. The smallest absolute Gasteiger partial charge is 0.332 e. The van der Waals surface area contributed by atoms with Crippen LogP contribution in [0.4, 0.5) is 5.69 Å². The lowest BCUT2D eigenvalue weighted by Gasteiger charge is -2.12. The molecule has 0 saturated carbocycles. The maximum Gasteiger partial charge on any atom is 0.332 e. The second kappa shape index (κ2) is 7.06. The summed E-state index contributed by atoms with van der Waals surface area (Å²) in [5, 5.41) is 2.88. The molecule has 0 unspecified atom stereocenters. The minimum absolute atomic E-state index is 0.105. The maximum atomic E-state index is 12.8. The fourth-order valence-electron chi connectivity index (χ4n) is 2.86. The van der Waals surface area contributed by atoms with Crippen LogP contribution in [0.2, 0.25) is 0 Å². The summed E-state index contributed by atoms with van der Waals surface area (Å²) in [5.74, 6) is 0.245. The molecule has 8 nitrogen and oxygen atoms in total. The van der Waals surface area contributed by atoms with Crippen LogP contribution in [0.1, 0.15) is 23.0 Å². The number of carbonyl (C=O) groups is 1. The molecule has 0 spiro atoms. The summed E-state index contributed by atoms with van der Waals surface area (Å²) in [5.41, 5.74) is 0.388. The van der Waals surface area contributed by atoms with Crippen LogP contribution in [0.5, 0.6) is 5.75 Å². The van der Waals surface area contributed by atoms with Crippen LogP contribution in [-0.4, -0.2) is 26.6 Å². The van der Waals surface area contributed by atoms with Gasteiger partial charge in [0.25, 0.3) is 11.5 Å². The molecule has 0 bridgehead atoms. The Morgan fingerprint density at radius 3 is 2.44 bits per heavy atom. The lowest BCUT2D eigenvalue weighted by molar-refractivity contribution is 0.102. The standard InChI is InChI=1S/C19H20N4O4/c1-5-27-13-8-6-12(7-9-13)21-17(24)14-10-11(2)20-16-15(14)18(25)23(4)19(26)22(16)3/h6-10H,5H2,1-4H3,(H,21,24). The maximum absolute atomic E-state index is 12.8. The number of aromatic nitrogens is 3. The molecule has 1 amide bonds. The van der Waals surface area contributed by atoms with E-state index in [1.807, 2.05) is 6.92 Å². The number of anilines is 1. The number of fused-ring (bicyclic) bond motifs is 1. The van der Waals surface area contributed by atoms with Gasteiger partial charge >= 0.3 is 5.69 Å². The van der Waals surface area contributed by atoms with Gasteiger partial charge in [0, 0.05) is 25.5 Å². The molecular formula is C19H20N4O4. The third kappa shape index (κ3) is 3.33. The third-order valence-corrected chi connectivity index (χ3v) is 4.21. The largest absolute Gasteiger partial charge is 0.494 e. The Labute approximate surface area is 155 Å². The van der Waals surface area contributed by atoms with Gasteiger partial charge in [-0.05, 0) is 44.2 Å². The molecule has 8 heteroatoms. The van der Waals surface area contributed by atoms with Crippen LogP contribution >= 0.6 is 0 Å². The second-order valence-electron chi connectivity index (χ2n) is 6.13. The summed E-state index contributed by atoms with van der Waals surface area (Å²) < 4.78 is 7.61. The van der Waals surface area contributed by atoms with Gasteiger partial charge in [0.15, 0.2) is 0 Å². The number of amides is 1. The van der Waals surface area contributed by atoms with Crippen molar-refractivity contribution in [3.05, 3.63) is 62.4 Å². The third-order valence-electron chi connectivity index (χ3n) is 4.21. The van der Waals surface area contributed by atoms with Crippen molar-refractivity contribution < 1.29 is 9.53 Å². The molecule has 0 saturated heterocycles. The summed E-state index contributed by atoms with van der Waals surface area (Å²) in [4.78, 5) is 41.9. The highest BCUT2D eigenvalue weighted by atomic mass is 16.5. The predicted octanol–water partition coefficient (Wildman–Crippen LogP) is 1.59. The molecule has 0 aliphatic carbocycles. The molecule has 0 fully saturated rings. The number of hydrogen-bond acceptors (Lipinski definition) is 5. The molecule has 1 aromatic carbocycles. The van der Waals surface area contributed by atoms with Crippen molar-refractivity contribution in [2.75, 3.05) is 11.9 Å². The molecule has 1 N–H and O–H groups in total. The quantitative estimate of drug-likeness (QED) is 0.755. The molecule has 27 heavy (non-hydrogen) atoms. The fourth-order valence-corrected chi connectivity index (χ4v) is 2.86. The van der Waals surface area contributed by atoms with E-state index >= 15 is 0 Å².